The Balaban J connectivity index is 2.15. The van der Waals surface area contributed by atoms with Crippen LogP contribution in [0.15, 0.2) is 42.5 Å². The fourth-order valence-electron chi connectivity index (χ4n) is 1.95. The Hall–Kier alpha value is -1.63. The van der Waals surface area contributed by atoms with Gasteiger partial charge in [-0.15, -0.1) is 0 Å². The Morgan fingerprint density at radius 1 is 0.733 bits per heavy atom. The highest BCUT2D eigenvalue weighted by molar-refractivity contribution is 6.87. The van der Waals surface area contributed by atoms with Crippen LogP contribution in [-0.4, -0.2) is 19.7 Å². The summed E-state index contributed by atoms with van der Waals surface area (Å²) in [5, 5.41) is 9.73. The molecule has 0 fully saturated rings. The van der Waals surface area contributed by atoms with Crippen molar-refractivity contribution in [3.8, 4) is 5.75 Å². The van der Waals surface area contributed by atoms with Crippen molar-refractivity contribution in [2.75, 3.05) is 0 Å². The van der Waals surface area contributed by atoms with Crippen molar-refractivity contribution in [2.45, 2.75) is 0 Å². The molecule has 0 amide bonds. The van der Waals surface area contributed by atoms with Crippen molar-refractivity contribution in [1.82, 2.24) is 0 Å². The molecule has 0 unspecified atom stereocenters. The highest BCUT2D eigenvalue weighted by atomic mass is 16.3. The quantitative estimate of drug-likeness (QED) is 0.451. The van der Waals surface area contributed by atoms with Crippen molar-refractivity contribution in [3.63, 3.8) is 0 Å². The van der Waals surface area contributed by atoms with Gasteiger partial charge in [0.1, 0.15) is 5.75 Å². The maximum atomic E-state index is 9.73. The van der Waals surface area contributed by atoms with Crippen LogP contribution in [0.2, 0.25) is 0 Å². The van der Waals surface area contributed by atoms with Crippen LogP contribution in [-0.2, 0) is 0 Å². The summed E-state index contributed by atoms with van der Waals surface area (Å²) in [5.41, 5.74) is 4.35. The topological polar surface area (TPSA) is 20.2 Å². The molecule has 2 aromatic carbocycles. The smallest absolute Gasteiger partial charge is 0.194 e. The number of hydrogen-bond donors (Lipinski definition) is 1. The van der Waals surface area contributed by atoms with Crippen LogP contribution in [0.25, 0.3) is 0 Å². The summed E-state index contributed by atoms with van der Waals surface area (Å²) in [5.74, 6) is 0.346. The van der Waals surface area contributed by atoms with Gasteiger partial charge in [-0.2, -0.15) is 0 Å². The maximum Gasteiger partial charge on any atom is 0.194 e. The van der Waals surface area contributed by atoms with E-state index in [0.717, 1.165) is 16.4 Å². The number of hydrogen-bond acceptors (Lipinski definition) is 1. The summed E-state index contributed by atoms with van der Waals surface area (Å²) in [6, 6.07) is 13.8. The normalized spacial score (nSPS) is 12.0. The van der Waals surface area contributed by atoms with Crippen LogP contribution in [0.1, 0.15) is 0 Å². The van der Waals surface area contributed by atoms with Crippen LogP contribution in [0.3, 0.4) is 0 Å². The highest BCUT2D eigenvalue weighted by Gasteiger charge is 2.18. The zero-order chi connectivity index (χ0) is 10.3. The largest absolute Gasteiger partial charge is 0.509 e. The van der Waals surface area contributed by atoms with Gasteiger partial charge in [0.25, 0.3) is 0 Å². The summed E-state index contributed by atoms with van der Waals surface area (Å²) < 4.78 is 0. The summed E-state index contributed by atoms with van der Waals surface area (Å²) in [4.78, 5) is 0. The third-order valence-electron chi connectivity index (χ3n) is 2.72. The number of rotatable bonds is 0. The Morgan fingerprint density at radius 2 is 1.40 bits per heavy atom. The van der Waals surface area contributed by atoms with Crippen LogP contribution >= 0.6 is 0 Å². The van der Waals surface area contributed by atoms with E-state index < -0.39 is 0 Å². The average Bonchev–Trinajstić information content (AvgIpc) is 2.27. The van der Waals surface area contributed by atoms with E-state index in [1.807, 2.05) is 31.5 Å². The molecule has 1 N–H and O–H groups in total. The second-order valence-electron chi connectivity index (χ2n) is 3.70. The van der Waals surface area contributed by atoms with Gasteiger partial charge >= 0.3 is 0 Å². The standard InChI is InChI=1S/C12H8B2O/c15-11-7-3-6-10-12(11)14-9-5-2-1-4-8(9)13-10/h1-7,15H. The molecular formula is C12H8B2O. The lowest BCUT2D eigenvalue weighted by molar-refractivity contribution is 0.480. The Bertz CT molecular complexity index is 523. The van der Waals surface area contributed by atoms with Crippen LogP contribution in [0, 0.1) is 0 Å². The first-order chi connectivity index (χ1) is 7.34. The lowest BCUT2D eigenvalue weighted by Gasteiger charge is -2.18. The average molecular weight is 190 g/mol. The molecular weight excluding hydrogens is 182 g/mol. The van der Waals surface area contributed by atoms with E-state index in [2.05, 4.69) is 19.4 Å². The maximum absolute atomic E-state index is 9.73. The van der Waals surface area contributed by atoms with Crippen molar-refractivity contribution in [1.29, 1.82) is 0 Å². The third kappa shape index (κ3) is 1.35. The number of phenolic OH excluding ortho intramolecular Hbond substituents is 1. The molecule has 68 valence electrons. The molecule has 3 rings (SSSR count). The van der Waals surface area contributed by atoms with Gasteiger partial charge in [-0.05, 0) is 11.5 Å². The molecule has 0 aliphatic carbocycles. The highest BCUT2D eigenvalue weighted by Crippen LogP contribution is 2.01. The molecule has 0 saturated carbocycles. The number of benzene rings is 2. The minimum Gasteiger partial charge on any atom is -0.509 e. The van der Waals surface area contributed by atoms with Gasteiger partial charge in [0.2, 0.25) is 0 Å². The molecule has 0 saturated heterocycles. The monoisotopic (exact) mass is 190 g/mol. The Labute approximate surface area is 90.3 Å². The lowest BCUT2D eigenvalue weighted by atomic mass is 9.44. The van der Waals surface area contributed by atoms with E-state index in [9.17, 15) is 5.11 Å². The number of aromatic hydroxyl groups is 1. The summed E-state index contributed by atoms with van der Waals surface area (Å²) in [6.45, 7) is 0. The van der Waals surface area contributed by atoms with Gasteiger partial charge in [0.15, 0.2) is 14.6 Å². The molecule has 0 aromatic heterocycles. The van der Waals surface area contributed by atoms with Gasteiger partial charge in [0, 0.05) is 0 Å². The van der Waals surface area contributed by atoms with E-state index in [1.54, 1.807) is 6.07 Å². The van der Waals surface area contributed by atoms with Gasteiger partial charge in [-0.1, -0.05) is 52.8 Å². The molecule has 1 nitrogen and oxygen atoms in total. The molecule has 0 spiro atoms. The summed E-state index contributed by atoms with van der Waals surface area (Å²) in [7, 11) is 4.13. The van der Waals surface area contributed by atoms with Gasteiger partial charge in [-0.25, -0.2) is 0 Å². The minimum absolute atomic E-state index is 0.346. The van der Waals surface area contributed by atoms with E-state index in [1.165, 1.54) is 5.46 Å². The molecule has 1 aliphatic heterocycles. The molecule has 1 heterocycles. The number of phenols is 1. The van der Waals surface area contributed by atoms with Crippen LogP contribution in [0.4, 0.5) is 0 Å². The van der Waals surface area contributed by atoms with E-state index >= 15 is 0 Å². The molecule has 2 radical (unpaired) electrons. The second-order valence-corrected chi connectivity index (χ2v) is 3.70. The predicted molar refractivity (Wildman–Crippen MR) is 64.6 cm³/mol. The lowest BCUT2D eigenvalue weighted by Crippen LogP contribution is -2.56. The van der Waals surface area contributed by atoms with E-state index in [0.29, 0.717) is 5.75 Å². The third-order valence-corrected chi connectivity index (χ3v) is 2.72. The predicted octanol–water partition coefficient (Wildman–Crippen LogP) is -0.984. The van der Waals surface area contributed by atoms with Crippen LogP contribution in [0.5, 0.6) is 5.75 Å². The fraction of sp³-hybridized carbons (Fsp3) is 0. The van der Waals surface area contributed by atoms with Gasteiger partial charge < -0.3 is 5.11 Å². The van der Waals surface area contributed by atoms with Gasteiger partial charge in [-0.3, -0.25) is 0 Å². The van der Waals surface area contributed by atoms with Crippen molar-refractivity contribution in [3.05, 3.63) is 42.5 Å². The fourth-order valence-corrected chi connectivity index (χ4v) is 1.95. The van der Waals surface area contributed by atoms with E-state index in [-0.39, 0.29) is 0 Å². The summed E-state index contributed by atoms with van der Waals surface area (Å²) in [6.07, 6.45) is 0. The zero-order valence-electron chi connectivity index (χ0n) is 8.14. The second kappa shape index (κ2) is 3.20. The first kappa shape index (κ1) is 8.66. The molecule has 0 atom stereocenters. The first-order valence-corrected chi connectivity index (χ1v) is 4.95. The van der Waals surface area contributed by atoms with E-state index in [4.69, 9.17) is 0 Å². The summed E-state index contributed by atoms with van der Waals surface area (Å²) >= 11 is 0. The molecule has 1 aliphatic rings. The van der Waals surface area contributed by atoms with Gasteiger partial charge in [0.05, 0.1) is 0 Å². The Kier molecular flexibility index (Phi) is 1.84. The number of fused-ring (bicyclic) bond motifs is 2. The molecule has 3 heteroatoms. The SMILES string of the molecule is Oc1cccc2c1[B]c1ccccc1[B]2. The molecule has 15 heavy (non-hydrogen) atoms. The first-order valence-electron chi connectivity index (χ1n) is 4.95. The minimum atomic E-state index is 0.346. The van der Waals surface area contributed by atoms with Crippen molar-refractivity contribution >= 4 is 36.4 Å². The molecule has 2 aromatic rings. The van der Waals surface area contributed by atoms with Crippen molar-refractivity contribution < 1.29 is 5.11 Å². The zero-order valence-corrected chi connectivity index (χ0v) is 8.14. The Morgan fingerprint density at radius 3 is 2.20 bits per heavy atom. The molecule has 0 bridgehead atoms. The van der Waals surface area contributed by atoms with Crippen LogP contribution < -0.4 is 21.9 Å². The van der Waals surface area contributed by atoms with Crippen molar-refractivity contribution in [2.24, 2.45) is 0 Å².